The van der Waals surface area contributed by atoms with Gasteiger partial charge in [0.25, 0.3) is 0 Å². The first-order chi connectivity index (χ1) is 14.0. The maximum Gasteiger partial charge on any atom is 0.233 e. The van der Waals surface area contributed by atoms with Gasteiger partial charge in [0.05, 0.1) is 29.5 Å². The molecule has 4 unspecified atom stereocenters. The Hall–Kier alpha value is -2.93. The lowest BCUT2D eigenvalue weighted by Crippen LogP contribution is -2.42. The van der Waals surface area contributed by atoms with Crippen molar-refractivity contribution in [2.24, 2.45) is 11.8 Å². The summed E-state index contributed by atoms with van der Waals surface area (Å²) >= 11 is 3.41. The van der Waals surface area contributed by atoms with Gasteiger partial charge in [-0.1, -0.05) is 24.3 Å². The molecule has 5 rings (SSSR count). The van der Waals surface area contributed by atoms with Gasteiger partial charge in [-0.05, 0) is 51.3 Å². The average molecular weight is 453 g/mol. The van der Waals surface area contributed by atoms with Gasteiger partial charge in [0.15, 0.2) is 5.78 Å². The first-order valence-electron chi connectivity index (χ1n) is 9.28. The Morgan fingerprint density at radius 2 is 1.86 bits per heavy atom. The van der Waals surface area contributed by atoms with Crippen LogP contribution in [0.25, 0.3) is 6.08 Å². The summed E-state index contributed by atoms with van der Waals surface area (Å²) in [6, 6.07) is 11.8. The van der Waals surface area contributed by atoms with Crippen molar-refractivity contribution >= 4 is 39.6 Å². The largest absolute Gasteiger partial charge is 0.496 e. The molecule has 29 heavy (non-hydrogen) atoms. The third kappa shape index (κ3) is 2.57. The lowest BCUT2D eigenvalue weighted by molar-refractivity contribution is -0.127. The number of fused-ring (bicyclic) bond motifs is 5. The zero-order valence-electron chi connectivity index (χ0n) is 15.5. The summed E-state index contributed by atoms with van der Waals surface area (Å²) in [5, 5.41) is 2.44. The molecule has 2 aromatic carbocycles. The monoisotopic (exact) mass is 452 g/mol. The third-order valence-electron chi connectivity index (χ3n) is 6.01. The Kier molecular flexibility index (Phi) is 4.10. The van der Waals surface area contributed by atoms with E-state index >= 15 is 0 Å². The van der Waals surface area contributed by atoms with Crippen LogP contribution in [0.5, 0.6) is 5.75 Å². The van der Waals surface area contributed by atoms with E-state index in [-0.39, 0.29) is 23.6 Å². The van der Waals surface area contributed by atoms with Crippen molar-refractivity contribution < 1.29 is 19.1 Å². The molecule has 1 N–H and O–H groups in total. The van der Waals surface area contributed by atoms with Crippen LogP contribution >= 0.6 is 15.9 Å². The molecular weight excluding hydrogens is 436 g/mol. The Bertz CT molecular complexity index is 1100. The third-order valence-corrected chi connectivity index (χ3v) is 6.63. The predicted octanol–water partition coefficient (Wildman–Crippen LogP) is 2.94. The fraction of sp³-hybridized carbons (Fsp3) is 0.227. The van der Waals surface area contributed by atoms with Gasteiger partial charge >= 0.3 is 0 Å². The van der Waals surface area contributed by atoms with Gasteiger partial charge in [0.1, 0.15) is 11.8 Å². The van der Waals surface area contributed by atoms with E-state index in [0.717, 1.165) is 11.1 Å². The average Bonchev–Trinajstić information content (AvgIpc) is 3.22. The summed E-state index contributed by atoms with van der Waals surface area (Å²) in [4.78, 5) is 40.7. The maximum absolute atomic E-state index is 13.5. The molecule has 6 nitrogen and oxygen atoms in total. The Morgan fingerprint density at radius 1 is 1.10 bits per heavy atom. The number of methoxy groups -OCH3 is 1. The molecule has 2 fully saturated rings. The van der Waals surface area contributed by atoms with Gasteiger partial charge in [-0.25, -0.2) is 0 Å². The first kappa shape index (κ1) is 18.1. The number of carbonyl (C=O) groups is 3. The topological polar surface area (TPSA) is 75.7 Å². The lowest BCUT2D eigenvalue weighted by Gasteiger charge is -2.34. The van der Waals surface area contributed by atoms with E-state index in [2.05, 4.69) is 21.2 Å². The quantitative estimate of drug-likeness (QED) is 0.572. The second-order valence-electron chi connectivity index (χ2n) is 7.40. The van der Waals surface area contributed by atoms with Crippen LogP contribution in [-0.4, -0.2) is 35.6 Å². The fourth-order valence-corrected chi connectivity index (χ4v) is 5.31. The Morgan fingerprint density at radius 3 is 2.62 bits per heavy atom. The SMILES string of the molecule is COc1ccc(C(=O)C2C3C(=O)NC(=O)C3C3c4ccccc4C=CN23)cc1Br. The normalized spacial score (nSPS) is 26.6. The number of ketones is 1. The Balaban J connectivity index is 1.62. The molecular formula is C22H17BrN2O4. The number of amides is 2. The summed E-state index contributed by atoms with van der Waals surface area (Å²) < 4.78 is 5.90. The molecule has 3 aliphatic rings. The first-order valence-corrected chi connectivity index (χ1v) is 10.1. The molecule has 0 saturated carbocycles. The van der Waals surface area contributed by atoms with Crippen molar-refractivity contribution in [1.82, 2.24) is 10.2 Å². The minimum absolute atomic E-state index is 0.195. The molecule has 3 aliphatic heterocycles. The van der Waals surface area contributed by atoms with Gasteiger partial charge < -0.3 is 9.64 Å². The highest BCUT2D eigenvalue weighted by atomic mass is 79.9. The van der Waals surface area contributed by atoms with Crippen LogP contribution < -0.4 is 10.1 Å². The van der Waals surface area contributed by atoms with E-state index in [1.54, 1.807) is 25.3 Å². The van der Waals surface area contributed by atoms with E-state index in [0.29, 0.717) is 15.8 Å². The number of benzene rings is 2. The van der Waals surface area contributed by atoms with E-state index in [1.807, 2.05) is 41.4 Å². The summed E-state index contributed by atoms with van der Waals surface area (Å²) in [7, 11) is 1.55. The van der Waals surface area contributed by atoms with Crippen molar-refractivity contribution in [2.45, 2.75) is 12.1 Å². The lowest BCUT2D eigenvalue weighted by atomic mass is 9.83. The molecule has 2 aromatic rings. The van der Waals surface area contributed by atoms with Gasteiger partial charge in [0.2, 0.25) is 11.8 Å². The smallest absolute Gasteiger partial charge is 0.233 e. The number of hydrogen-bond donors (Lipinski definition) is 1. The van der Waals surface area contributed by atoms with E-state index < -0.39 is 17.9 Å². The second-order valence-corrected chi connectivity index (χ2v) is 8.25. The van der Waals surface area contributed by atoms with Crippen LogP contribution in [0.3, 0.4) is 0 Å². The van der Waals surface area contributed by atoms with Crippen LogP contribution in [0.1, 0.15) is 27.5 Å². The molecule has 0 aromatic heterocycles. The summed E-state index contributed by atoms with van der Waals surface area (Å²) in [6.45, 7) is 0. The number of nitrogens with one attached hydrogen (secondary N) is 1. The van der Waals surface area contributed by atoms with Gasteiger partial charge in [-0.3, -0.25) is 19.7 Å². The van der Waals surface area contributed by atoms with Gasteiger partial charge in [-0.15, -0.1) is 0 Å². The zero-order chi connectivity index (χ0) is 20.3. The van der Waals surface area contributed by atoms with Crippen LogP contribution in [0.15, 0.2) is 53.1 Å². The van der Waals surface area contributed by atoms with Crippen molar-refractivity contribution in [2.75, 3.05) is 7.11 Å². The highest BCUT2D eigenvalue weighted by molar-refractivity contribution is 9.10. The van der Waals surface area contributed by atoms with Crippen LogP contribution in [0.2, 0.25) is 0 Å². The number of nitrogens with zero attached hydrogens (tertiary/aromatic N) is 1. The highest BCUT2D eigenvalue weighted by Gasteiger charge is 2.61. The standard InChI is InChI=1S/C22H17BrN2O4/c1-29-15-7-6-12(10-14(15)23)20(26)19-17-16(21(27)24-22(17)28)18-13-5-3-2-4-11(13)8-9-25(18)19/h2-10,16-19H,1H3,(H,24,27,28). The number of Topliss-reactive ketones (excluding diaryl/α,β-unsaturated/α-hetero) is 1. The molecule has 0 radical (unpaired) electrons. The number of hydrogen-bond acceptors (Lipinski definition) is 5. The van der Waals surface area contributed by atoms with Crippen LogP contribution in [0.4, 0.5) is 0 Å². The minimum Gasteiger partial charge on any atom is -0.496 e. The molecule has 7 heteroatoms. The van der Waals surface area contributed by atoms with E-state index in [4.69, 9.17) is 4.74 Å². The number of imide groups is 1. The highest BCUT2D eigenvalue weighted by Crippen LogP contribution is 2.51. The molecule has 0 aliphatic carbocycles. The van der Waals surface area contributed by atoms with Gasteiger partial charge in [-0.2, -0.15) is 0 Å². The number of ether oxygens (including phenoxy) is 1. The summed E-state index contributed by atoms with van der Waals surface area (Å²) in [6.07, 6.45) is 3.77. The van der Waals surface area contributed by atoms with Crippen LogP contribution in [-0.2, 0) is 9.59 Å². The predicted molar refractivity (Wildman–Crippen MR) is 109 cm³/mol. The molecule has 0 spiro atoms. The fourth-order valence-electron chi connectivity index (χ4n) is 4.76. The molecule has 2 saturated heterocycles. The van der Waals surface area contributed by atoms with Crippen molar-refractivity contribution in [3.63, 3.8) is 0 Å². The molecule has 146 valence electrons. The van der Waals surface area contributed by atoms with Crippen molar-refractivity contribution in [3.05, 3.63) is 69.8 Å². The number of halogens is 1. The molecule has 0 bridgehead atoms. The zero-order valence-corrected chi connectivity index (χ0v) is 17.0. The van der Waals surface area contributed by atoms with Crippen molar-refractivity contribution in [1.29, 1.82) is 0 Å². The molecule has 4 atom stereocenters. The van der Waals surface area contributed by atoms with E-state index in [1.165, 1.54) is 0 Å². The summed E-state index contributed by atoms with van der Waals surface area (Å²) in [5.41, 5.74) is 2.42. The molecule has 2 amide bonds. The van der Waals surface area contributed by atoms with E-state index in [9.17, 15) is 14.4 Å². The maximum atomic E-state index is 13.5. The minimum atomic E-state index is -0.749. The number of rotatable bonds is 3. The number of carbonyl (C=O) groups excluding carboxylic acids is 3. The van der Waals surface area contributed by atoms with Crippen molar-refractivity contribution in [3.8, 4) is 5.75 Å². The summed E-state index contributed by atoms with van der Waals surface area (Å²) in [5.74, 6) is -1.59. The van der Waals surface area contributed by atoms with Crippen LogP contribution in [0, 0.1) is 11.8 Å². The molecule has 3 heterocycles. The second kappa shape index (κ2) is 6.56. The van der Waals surface area contributed by atoms with Gasteiger partial charge in [0, 0.05) is 11.8 Å². The Labute approximate surface area is 175 Å².